The number of ether oxygens (including phenoxy) is 1. The lowest BCUT2D eigenvalue weighted by molar-refractivity contribution is 0.0436. The van der Waals surface area contributed by atoms with E-state index in [1.165, 1.54) is 0 Å². The molecule has 1 N–H and O–H groups in total. The third-order valence-corrected chi connectivity index (χ3v) is 3.21. The topological polar surface area (TPSA) is 77.2 Å². The van der Waals surface area contributed by atoms with Crippen LogP contribution >= 0.6 is 0 Å². The van der Waals surface area contributed by atoms with Crippen LogP contribution in [0.15, 0.2) is 12.3 Å². The lowest BCUT2D eigenvalue weighted by Gasteiger charge is -2.11. The fourth-order valence-corrected chi connectivity index (χ4v) is 2.10. The second kappa shape index (κ2) is 6.22. The molecule has 6 nitrogen and oxygen atoms in total. The molecule has 0 aliphatic heterocycles. The Bertz CT molecular complexity index is 647. The first-order valence-corrected chi connectivity index (χ1v) is 7.11. The molecule has 0 bridgehead atoms. The average molecular weight is 291 g/mol. The van der Waals surface area contributed by atoms with Crippen LogP contribution in [-0.2, 0) is 4.74 Å². The van der Waals surface area contributed by atoms with Gasteiger partial charge in [-0.1, -0.05) is 13.8 Å². The van der Waals surface area contributed by atoms with Crippen LogP contribution in [0.1, 0.15) is 55.7 Å². The molecule has 114 valence electrons. The number of fused-ring (bicyclic) bond motifs is 1. The van der Waals surface area contributed by atoms with E-state index < -0.39 is 5.97 Å². The largest absolute Gasteiger partial charge is 0.460 e. The summed E-state index contributed by atoms with van der Waals surface area (Å²) in [6, 6.07) is 1.90. The Morgan fingerprint density at radius 3 is 2.67 bits per heavy atom. The molecule has 2 heterocycles. The van der Waals surface area contributed by atoms with Crippen molar-refractivity contribution in [3.05, 3.63) is 23.5 Å². The Kier molecular flexibility index (Phi) is 4.57. The summed E-state index contributed by atoms with van der Waals surface area (Å²) in [7, 11) is 0. The summed E-state index contributed by atoms with van der Waals surface area (Å²) in [4.78, 5) is 16.8. The smallest absolute Gasteiger partial charge is 0.339 e. The quantitative estimate of drug-likeness (QED) is 0.855. The number of hydrogen-bond acceptors (Lipinski definition) is 5. The van der Waals surface area contributed by atoms with Crippen LogP contribution in [0, 0.1) is 0 Å². The van der Waals surface area contributed by atoms with Gasteiger partial charge in [0, 0.05) is 11.7 Å². The molecule has 0 amide bonds. The van der Waals surface area contributed by atoms with Crippen molar-refractivity contribution in [1.82, 2.24) is 14.8 Å². The maximum absolute atomic E-state index is 12.2. The van der Waals surface area contributed by atoms with Crippen LogP contribution in [0.3, 0.4) is 0 Å². The average Bonchev–Trinajstić information content (AvgIpc) is 2.87. The van der Waals surface area contributed by atoms with Gasteiger partial charge in [-0.3, -0.25) is 0 Å². The molecule has 0 radical (unpaired) electrons. The third-order valence-electron chi connectivity index (χ3n) is 3.21. The van der Waals surface area contributed by atoms with E-state index in [0.717, 1.165) is 5.69 Å². The highest BCUT2D eigenvalue weighted by atomic mass is 16.5. The van der Waals surface area contributed by atoms with Gasteiger partial charge in [0.05, 0.1) is 23.8 Å². The molecule has 6 heteroatoms. The minimum Gasteiger partial charge on any atom is -0.460 e. The van der Waals surface area contributed by atoms with Crippen LogP contribution in [0.25, 0.3) is 11.0 Å². The summed E-state index contributed by atoms with van der Waals surface area (Å²) < 4.78 is 6.83. The summed E-state index contributed by atoms with van der Waals surface area (Å²) in [5.41, 5.74) is 1.96. The zero-order valence-corrected chi connectivity index (χ0v) is 12.8. The second-order valence-electron chi connectivity index (χ2n) is 5.53. The van der Waals surface area contributed by atoms with Gasteiger partial charge in [0.15, 0.2) is 5.65 Å². The van der Waals surface area contributed by atoms with Crippen LogP contribution < -0.4 is 0 Å². The maximum atomic E-state index is 12.2. The molecule has 0 fully saturated rings. The van der Waals surface area contributed by atoms with Crippen molar-refractivity contribution in [3.63, 3.8) is 0 Å². The number of hydrogen-bond donors (Lipinski definition) is 1. The summed E-state index contributed by atoms with van der Waals surface area (Å²) in [5, 5.41) is 13.8. The van der Waals surface area contributed by atoms with Crippen molar-refractivity contribution in [3.8, 4) is 0 Å². The van der Waals surface area contributed by atoms with E-state index in [0.29, 0.717) is 16.6 Å². The normalized spacial score (nSPS) is 11.6. The highest BCUT2D eigenvalue weighted by molar-refractivity contribution is 6.02. The number of aromatic nitrogens is 3. The molecule has 2 aromatic heterocycles. The first-order chi connectivity index (χ1) is 9.95. The second-order valence-corrected chi connectivity index (χ2v) is 5.53. The van der Waals surface area contributed by atoms with Crippen molar-refractivity contribution in [2.24, 2.45) is 0 Å². The van der Waals surface area contributed by atoms with Crippen LogP contribution in [0.4, 0.5) is 0 Å². The minimum absolute atomic E-state index is 0.0159. The van der Waals surface area contributed by atoms with Crippen molar-refractivity contribution in [2.75, 3.05) is 13.2 Å². The molecular weight excluding hydrogens is 270 g/mol. The van der Waals surface area contributed by atoms with E-state index in [2.05, 4.69) is 10.1 Å². The molecular formula is C15H21N3O3. The monoisotopic (exact) mass is 291 g/mol. The molecule has 0 aliphatic rings. The fraction of sp³-hybridized carbons (Fsp3) is 0.533. The number of carbonyl (C=O) groups is 1. The number of esters is 1. The number of nitrogens with zero attached hydrogens (tertiary/aromatic N) is 3. The molecule has 0 aliphatic carbocycles. The summed E-state index contributed by atoms with van der Waals surface area (Å²) in [5.74, 6) is -0.268. The molecule has 0 unspecified atom stereocenters. The van der Waals surface area contributed by atoms with E-state index >= 15 is 0 Å². The van der Waals surface area contributed by atoms with E-state index in [4.69, 9.17) is 9.84 Å². The van der Waals surface area contributed by atoms with Crippen molar-refractivity contribution in [2.45, 2.75) is 39.7 Å². The number of carbonyl (C=O) groups excluding carboxylic acids is 1. The first kappa shape index (κ1) is 15.4. The van der Waals surface area contributed by atoms with Crippen LogP contribution in [0.5, 0.6) is 0 Å². The van der Waals surface area contributed by atoms with Gasteiger partial charge in [-0.2, -0.15) is 5.10 Å². The van der Waals surface area contributed by atoms with Gasteiger partial charge in [-0.05, 0) is 25.8 Å². The molecule has 2 rings (SSSR count). The van der Waals surface area contributed by atoms with E-state index in [1.807, 2.05) is 27.7 Å². The van der Waals surface area contributed by atoms with Gasteiger partial charge >= 0.3 is 5.97 Å². The molecule has 2 aromatic rings. The van der Waals surface area contributed by atoms with Gasteiger partial charge in [0.2, 0.25) is 0 Å². The predicted octanol–water partition coefficient (Wildman–Crippen LogP) is 2.28. The molecule has 0 atom stereocenters. The highest BCUT2D eigenvalue weighted by Crippen LogP contribution is 2.24. The lowest BCUT2D eigenvalue weighted by Crippen LogP contribution is -2.11. The summed E-state index contributed by atoms with van der Waals surface area (Å²) in [6.45, 7) is 7.86. The van der Waals surface area contributed by atoms with Gasteiger partial charge in [0.25, 0.3) is 0 Å². The van der Waals surface area contributed by atoms with Crippen molar-refractivity contribution in [1.29, 1.82) is 0 Å². The van der Waals surface area contributed by atoms with E-state index in [-0.39, 0.29) is 25.2 Å². The fourth-order valence-electron chi connectivity index (χ4n) is 2.10. The summed E-state index contributed by atoms with van der Waals surface area (Å²) in [6.07, 6.45) is 1.64. The van der Waals surface area contributed by atoms with E-state index in [1.54, 1.807) is 16.9 Å². The molecule has 0 aromatic carbocycles. The summed E-state index contributed by atoms with van der Waals surface area (Å²) >= 11 is 0. The SMILES string of the molecule is CC(C)c1cc(C(=O)OCCO)c2cnn(C(C)C)c2n1. The third kappa shape index (κ3) is 3.05. The lowest BCUT2D eigenvalue weighted by atomic mass is 10.1. The van der Waals surface area contributed by atoms with E-state index in [9.17, 15) is 4.79 Å². The molecule has 0 saturated carbocycles. The van der Waals surface area contributed by atoms with Gasteiger partial charge in [-0.15, -0.1) is 0 Å². The highest BCUT2D eigenvalue weighted by Gasteiger charge is 2.19. The minimum atomic E-state index is -0.457. The first-order valence-electron chi connectivity index (χ1n) is 7.11. The van der Waals surface area contributed by atoms with Crippen molar-refractivity contribution < 1.29 is 14.6 Å². The zero-order chi connectivity index (χ0) is 15.6. The molecule has 0 saturated heterocycles. The Morgan fingerprint density at radius 2 is 2.10 bits per heavy atom. The zero-order valence-electron chi connectivity index (χ0n) is 12.8. The van der Waals surface area contributed by atoms with Gasteiger partial charge in [0.1, 0.15) is 6.61 Å². The molecule has 0 spiro atoms. The Hall–Kier alpha value is -1.95. The Balaban J connectivity index is 2.59. The van der Waals surface area contributed by atoms with Crippen LogP contribution in [0.2, 0.25) is 0 Å². The van der Waals surface area contributed by atoms with Crippen LogP contribution in [-0.4, -0.2) is 39.1 Å². The van der Waals surface area contributed by atoms with Gasteiger partial charge < -0.3 is 9.84 Å². The van der Waals surface area contributed by atoms with Gasteiger partial charge in [-0.25, -0.2) is 14.5 Å². The van der Waals surface area contributed by atoms with Crippen molar-refractivity contribution >= 4 is 17.0 Å². The molecule has 21 heavy (non-hydrogen) atoms. The number of pyridine rings is 1. The number of aliphatic hydroxyl groups excluding tert-OH is 1. The number of aliphatic hydroxyl groups is 1. The maximum Gasteiger partial charge on any atom is 0.339 e. The standard InChI is InChI=1S/C15H21N3O3/c1-9(2)13-7-11(15(20)21-6-5-19)12-8-16-18(10(3)4)14(12)17-13/h7-10,19H,5-6H2,1-4H3. The Labute approximate surface area is 123 Å². The number of rotatable bonds is 5. The predicted molar refractivity (Wildman–Crippen MR) is 79.4 cm³/mol. The Morgan fingerprint density at radius 1 is 1.38 bits per heavy atom.